The van der Waals surface area contributed by atoms with Gasteiger partial charge < -0.3 is 9.55 Å². The predicted octanol–water partition coefficient (Wildman–Crippen LogP) is 3.78. The van der Waals surface area contributed by atoms with Crippen LogP contribution in [0, 0.1) is 13.8 Å². The number of hydrogen-bond donors (Lipinski definition) is 1. The highest BCUT2D eigenvalue weighted by molar-refractivity contribution is 7.98. The Morgan fingerprint density at radius 3 is 2.83 bits per heavy atom. The maximum atomic E-state index is 12.3. The van der Waals surface area contributed by atoms with Gasteiger partial charge in [0.05, 0.1) is 22.2 Å². The van der Waals surface area contributed by atoms with E-state index in [-0.39, 0.29) is 5.56 Å². The number of hydrogen-bond acceptors (Lipinski definition) is 5. The number of thiophene rings is 1. The highest BCUT2D eigenvalue weighted by atomic mass is 32.2. The number of thioether (sulfide) groups is 1. The van der Waals surface area contributed by atoms with Crippen molar-refractivity contribution in [3.8, 4) is 0 Å². The lowest BCUT2D eigenvalue weighted by Gasteiger charge is -2.02. The molecule has 1 aromatic carbocycles. The molecule has 5 nitrogen and oxygen atoms in total. The van der Waals surface area contributed by atoms with Crippen LogP contribution in [0.25, 0.3) is 21.3 Å². The Kier molecular flexibility index (Phi) is 3.69. The van der Waals surface area contributed by atoms with E-state index in [1.165, 1.54) is 0 Å². The van der Waals surface area contributed by atoms with Gasteiger partial charge in [0, 0.05) is 11.9 Å². The van der Waals surface area contributed by atoms with Crippen molar-refractivity contribution in [2.24, 2.45) is 7.05 Å². The number of fused-ring (bicyclic) bond motifs is 2. The maximum Gasteiger partial charge on any atom is 0.259 e. The van der Waals surface area contributed by atoms with Crippen molar-refractivity contribution in [3.63, 3.8) is 0 Å². The Morgan fingerprint density at radius 2 is 2.04 bits per heavy atom. The molecular formula is C17H16N4OS2. The lowest BCUT2D eigenvalue weighted by molar-refractivity contribution is 0.814. The molecule has 0 unspecified atom stereocenters. The van der Waals surface area contributed by atoms with E-state index in [0.717, 1.165) is 31.5 Å². The van der Waals surface area contributed by atoms with E-state index >= 15 is 0 Å². The number of para-hydroxylation sites is 2. The number of aromatic amines is 1. The largest absolute Gasteiger partial charge is 0.322 e. The number of rotatable bonds is 3. The van der Waals surface area contributed by atoms with Crippen molar-refractivity contribution < 1.29 is 0 Å². The van der Waals surface area contributed by atoms with E-state index in [4.69, 9.17) is 0 Å². The Bertz CT molecular complexity index is 1120. The van der Waals surface area contributed by atoms with Gasteiger partial charge in [-0.2, -0.15) is 0 Å². The van der Waals surface area contributed by atoms with Crippen LogP contribution in [-0.4, -0.2) is 19.5 Å². The van der Waals surface area contributed by atoms with Crippen LogP contribution in [0.2, 0.25) is 0 Å². The molecule has 0 spiro atoms. The van der Waals surface area contributed by atoms with Gasteiger partial charge in [-0.15, -0.1) is 11.3 Å². The molecule has 4 rings (SSSR count). The smallest absolute Gasteiger partial charge is 0.259 e. The van der Waals surface area contributed by atoms with Crippen molar-refractivity contribution in [1.29, 1.82) is 0 Å². The van der Waals surface area contributed by atoms with E-state index in [9.17, 15) is 4.79 Å². The van der Waals surface area contributed by atoms with E-state index < -0.39 is 0 Å². The molecule has 0 radical (unpaired) electrons. The van der Waals surface area contributed by atoms with Crippen LogP contribution >= 0.6 is 23.1 Å². The average Bonchev–Trinajstić information content (AvgIpc) is 3.03. The fourth-order valence-corrected chi connectivity index (χ4v) is 4.66. The van der Waals surface area contributed by atoms with E-state index in [2.05, 4.69) is 25.6 Å². The monoisotopic (exact) mass is 356 g/mol. The molecule has 0 saturated carbocycles. The molecular weight excluding hydrogens is 340 g/mol. The summed E-state index contributed by atoms with van der Waals surface area (Å²) in [6, 6.07) is 8.05. The second-order valence-electron chi connectivity index (χ2n) is 5.71. The Hall–Kier alpha value is -2.12. The summed E-state index contributed by atoms with van der Waals surface area (Å²) in [6.45, 7) is 3.99. The third-order valence-electron chi connectivity index (χ3n) is 4.17. The molecule has 0 saturated heterocycles. The van der Waals surface area contributed by atoms with Crippen LogP contribution in [0.4, 0.5) is 0 Å². The number of nitrogens with zero attached hydrogens (tertiary/aromatic N) is 3. The minimum absolute atomic E-state index is 0.0533. The van der Waals surface area contributed by atoms with Crippen molar-refractivity contribution in [1.82, 2.24) is 19.5 Å². The quantitative estimate of drug-likeness (QED) is 0.568. The van der Waals surface area contributed by atoms with Gasteiger partial charge >= 0.3 is 0 Å². The molecule has 1 N–H and O–H groups in total. The van der Waals surface area contributed by atoms with Gasteiger partial charge in [-0.05, 0) is 31.5 Å². The second kappa shape index (κ2) is 5.75. The molecule has 3 aromatic heterocycles. The predicted molar refractivity (Wildman–Crippen MR) is 100.0 cm³/mol. The fourth-order valence-electron chi connectivity index (χ4n) is 2.75. The minimum Gasteiger partial charge on any atom is -0.322 e. The molecule has 0 atom stereocenters. The van der Waals surface area contributed by atoms with Gasteiger partial charge in [0.25, 0.3) is 5.56 Å². The molecule has 0 aliphatic carbocycles. The summed E-state index contributed by atoms with van der Waals surface area (Å²) in [5.74, 6) is 1.27. The summed E-state index contributed by atoms with van der Waals surface area (Å²) in [4.78, 5) is 26.5. The summed E-state index contributed by atoms with van der Waals surface area (Å²) >= 11 is 3.15. The molecule has 4 aromatic rings. The van der Waals surface area contributed by atoms with Gasteiger partial charge in [0.1, 0.15) is 10.7 Å². The van der Waals surface area contributed by atoms with Crippen LogP contribution in [0.15, 0.2) is 34.2 Å². The van der Waals surface area contributed by atoms with Crippen LogP contribution in [0.5, 0.6) is 0 Å². The van der Waals surface area contributed by atoms with E-state index in [1.807, 2.05) is 39.1 Å². The second-order valence-corrected chi connectivity index (χ2v) is 7.85. The number of aromatic nitrogens is 4. The zero-order valence-electron chi connectivity index (χ0n) is 13.6. The lowest BCUT2D eigenvalue weighted by Crippen LogP contribution is -2.11. The van der Waals surface area contributed by atoms with Gasteiger partial charge in [-0.3, -0.25) is 4.79 Å². The number of benzene rings is 1. The molecule has 122 valence electrons. The summed E-state index contributed by atoms with van der Waals surface area (Å²) in [7, 11) is 2.00. The standard InChI is InChI=1S/C17H16N4OS2/c1-9-10(2)24-16-14(9)15(22)19-13(20-16)8-23-17-18-11-6-4-5-7-12(11)21(17)3/h4-7H,8H2,1-3H3,(H,19,20,22). The topological polar surface area (TPSA) is 63.6 Å². The molecule has 0 aliphatic rings. The first-order valence-electron chi connectivity index (χ1n) is 7.57. The minimum atomic E-state index is -0.0533. The number of H-pyrrole nitrogens is 1. The van der Waals surface area contributed by atoms with Crippen molar-refractivity contribution in [3.05, 3.63) is 50.9 Å². The van der Waals surface area contributed by atoms with Crippen molar-refractivity contribution in [2.45, 2.75) is 24.8 Å². The fraction of sp³-hybridized carbons (Fsp3) is 0.235. The summed E-state index contributed by atoms with van der Waals surface area (Å²) in [6.07, 6.45) is 0. The molecule has 0 aliphatic heterocycles. The molecule has 3 heterocycles. The first-order valence-corrected chi connectivity index (χ1v) is 9.38. The third-order valence-corrected chi connectivity index (χ3v) is 6.31. The SMILES string of the molecule is Cc1sc2nc(CSc3nc4ccccc4n3C)[nH]c(=O)c2c1C. The zero-order chi connectivity index (χ0) is 16.8. The Labute approximate surface area is 146 Å². The molecule has 0 fully saturated rings. The van der Waals surface area contributed by atoms with Gasteiger partial charge in [0.15, 0.2) is 5.16 Å². The van der Waals surface area contributed by atoms with E-state index in [0.29, 0.717) is 17.0 Å². The number of nitrogens with one attached hydrogen (secondary N) is 1. The van der Waals surface area contributed by atoms with Crippen LogP contribution < -0.4 is 5.56 Å². The van der Waals surface area contributed by atoms with Crippen LogP contribution in [0.3, 0.4) is 0 Å². The Balaban J connectivity index is 1.67. The first kappa shape index (κ1) is 15.4. The van der Waals surface area contributed by atoms with Gasteiger partial charge in [-0.25, -0.2) is 9.97 Å². The number of aryl methyl sites for hydroxylation is 3. The van der Waals surface area contributed by atoms with Crippen LogP contribution in [0.1, 0.15) is 16.3 Å². The normalized spacial score (nSPS) is 11.6. The molecule has 24 heavy (non-hydrogen) atoms. The zero-order valence-corrected chi connectivity index (χ0v) is 15.2. The molecule has 0 bridgehead atoms. The van der Waals surface area contributed by atoms with Gasteiger partial charge in [-0.1, -0.05) is 23.9 Å². The Morgan fingerprint density at radius 1 is 1.25 bits per heavy atom. The molecule has 7 heteroatoms. The summed E-state index contributed by atoms with van der Waals surface area (Å²) in [5.41, 5.74) is 3.05. The third kappa shape index (κ3) is 2.44. The van der Waals surface area contributed by atoms with Crippen molar-refractivity contribution >= 4 is 44.3 Å². The highest BCUT2D eigenvalue weighted by Crippen LogP contribution is 2.28. The maximum absolute atomic E-state index is 12.3. The summed E-state index contributed by atoms with van der Waals surface area (Å²) < 4.78 is 2.07. The van der Waals surface area contributed by atoms with Crippen LogP contribution in [-0.2, 0) is 12.8 Å². The van der Waals surface area contributed by atoms with E-state index in [1.54, 1.807) is 23.1 Å². The molecule has 0 amide bonds. The van der Waals surface area contributed by atoms with Crippen molar-refractivity contribution in [2.75, 3.05) is 0 Å². The number of imidazole rings is 1. The highest BCUT2D eigenvalue weighted by Gasteiger charge is 2.13. The first-order chi connectivity index (χ1) is 11.5. The summed E-state index contributed by atoms with van der Waals surface area (Å²) in [5, 5.41) is 1.63. The average molecular weight is 356 g/mol. The van der Waals surface area contributed by atoms with Gasteiger partial charge in [0.2, 0.25) is 0 Å². The lowest BCUT2D eigenvalue weighted by atomic mass is 10.2.